The van der Waals surface area contributed by atoms with E-state index in [9.17, 15) is 10.1 Å². The van der Waals surface area contributed by atoms with Gasteiger partial charge in [-0.05, 0) is 49.7 Å². The Kier molecular flexibility index (Phi) is 3.92. The van der Waals surface area contributed by atoms with Crippen molar-refractivity contribution in [2.75, 3.05) is 26.2 Å². The van der Waals surface area contributed by atoms with Gasteiger partial charge in [0.25, 0.3) is 0 Å². The van der Waals surface area contributed by atoms with E-state index in [1.165, 1.54) is 0 Å². The molecule has 1 amide bonds. The van der Waals surface area contributed by atoms with Gasteiger partial charge in [0.15, 0.2) is 0 Å². The number of hydrogen-bond acceptors (Lipinski definition) is 4. The minimum atomic E-state index is -0.785. The fourth-order valence-electron chi connectivity index (χ4n) is 4.97. The lowest BCUT2D eigenvalue weighted by Crippen LogP contribution is -2.55. The average Bonchev–Trinajstić information content (AvgIpc) is 3.07. The van der Waals surface area contributed by atoms with Crippen LogP contribution in [0.25, 0.3) is 0 Å². The zero-order valence-corrected chi connectivity index (χ0v) is 14.4. The summed E-state index contributed by atoms with van der Waals surface area (Å²) in [5.41, 5.74) is 0.663. The third-order valence-electron chi connectivity index (χ3n) is 6.58. The molecule has 1 aromatic rings. The smallest absolute Gasteiger partial charge is 0.407 e. The van der Waals surface area contributed by atoms with E-state index in [-0.39, 0.29) is 5.41 Å². The molecule has 132 valence electrons. The number of nitrogens with zero attached hydrogens (tertiary/aromatic N) is 4. The lowest BCUT2D eigenvalue weighted by Gasteiger charge is -2.52. The molecule has 3 fully saturated rings. The molecule has 1 spiro atoms. The zero-order valence-electron chi connectivity index (χ0n) is 14.4. The van der Waals surface area contributed by atoms with E-state index in [0.717, 1.165) is 50.9 Å². The van der Waals surface area contributed by atoms with Gasteiger partial charge in [-0.1, -0.05) is 6.07 Å². The van der Waals surface area contributed by atoms with Gasteiger partial charge in [-0.2, -0.15) is 5.26 Å². The SMILES string of the molecule is N#CC1(c2ccccn2)CCN(C2CC3(CCN(C(=O)O)C3)C2)CC1. The monoisotopic (exact) mass is 340 g/mol. The molecule has 3 aliphatic rings. The fraction of sp³-hybridized carbons (Fsp3) is 0.632. The fourth-order valence-corrected chi connectivity index (χ4v) is 4.97. The molecule has 25 heavy (non-hydrogen) atoms. The Morgan fingerprint density at radius 2 is 2.00 bits per heavy atom. The van der Waals surface area contributed by atoms with Crippen molar-refractivity contribution in [3.63, 3.8) is 0 Å². The van der Waals surface area contributed by atoms with Crippen LogP contribution in [0, 0.1) is 16.7 Å². The van der Waals surface area contributed by atoms with Crippen LogP contribution in [0.5, 0.6) is 0 Å². The first kappa shape index (κ1) is 16.3. The van der Waals surface area contributed by atoms with Crippen molar-refractivity contribution in [1.82, 2.24) is 14.8 Å². The highest BCUT2D eigenvalue weighted by atomic mass is 16.4. The van der Waals surface area contributed by atoms with Crippen molar-refractivity contribution in [2.45, 2.75) is 43.6 Å². The van der Waals surface area contributed by atoms with Gasteiger partial charge in [-0.3, -0.25) is 4.98 Å². The molecule has 1 aliphatic carbocycles. The van der Waals surface area contributed by atoms with Crippen LogP contribution in [-0.2, 0) is 5.41 Å². The minimum Gasteiger partial charge on any atom is -0.465 e. The van der Waals surface area contributed by atoms with Gasteiger partial charge in [-0.25, -0.2) is 4.79 Å². The second-order valence-electron chi connectivity index (χ2n) is 7.96. The molecule has 4 rings (SSSR count). The molecular formula is C19H24N4O2. The predicted octanol–water partition coefficient (Wildman–Crippen LogP) is 2.47. The molecule has 3 heterocycles. The van der Waals surface area contributed by atoms with Crippen LogP contribution < -0.4 is 0 Å². The Morgan fingerprint density at radius 3 is 2.56 bits per heavy atom. The quantitative estimate of drug-likeness (QED) is 0.894. The normalized spacial score (nSPS) is 31.5. The third kappa shape index (κ3) is 2.77. The summed E-state index contributed by atoms with van der Waals surface area (Å²) in [6.07, 6.45) is 5.83. The number of nitriles is 1. The highest BCUT2D eigenvalue weighted by molar-refractivity contribution is 5.65. The van der Waals surface area contributed by atoms with E-state index < -0.39 is 11.5 Å². The Morgan fingerprint density at radius 1 is 1.24 bits per heavy atom. The van der Waals surface area contributed by atoms with E-state index in [2.05, 4.69) is 16.0 Å². The first-order chi connectivity index (χ1) is 12.1. The molecule has 0 aromatic carbocycles. The third-order valence-corrected chi connectivity index (χ3v) is 6.58. The van der Waals surface area contributed by atoms with Gasteiger partial charge in [-0.15, -0.1) is 0 Å². The number of hydrogen-bond donors (Lipinski definition) is 1. The van der Waals surface area contributed by atoms with E-state index in [4.69, 9.17) is 5.11 Å². The molecule has 1 aromatic heterocycles. The van der Waals surface area contributed by atoms with Crippen LogP contribution in [0.2, 0.25) is 0 Å². The lowest BCUT2D eigenvalue weighted by molar-refractivity contribution is -0.00852. The summed E-state index contributed by atoms with van der Waals surface area (Å²) >= 11 is 0. The molecule has 1 N–H and O–H groups in total. The molecule has 0 unspecified atom stereocenters. The second kappa shape index (κ2) is 5.99. The molecule has 6 heteroatoms. The maximum Gasteiger partial charge on any atom is 0.407 e. The van der Waals surface area contributed by atoms with Crippen LogP contribution in [0.1, 0.15) is 37.8 Å². The summed E-state index contributed by atoms with van der Waals surface area (Å²) in [4.78, 5) is 19.6. The molecule has 2 aliphatic heterocycles. The minimum absolute atomic E-state index is 0.216. The molecular weight excluding hydrogens is 316 g/mol. The van der Waals surface area contributed by atoms with Crippen molar-refractivity contribution in [3.8, 4) is 6.07 Å². The van der Waals surface area contributed by atoms with E-state index >= 15 is 0 Å². The molecule has 0 atom stereocenters. The van der Waals surface area contributed by atoms with E-state index in [0.29, 0.717) is 19.1 Å². The van der Waals surface area contributed by atoms with Gasteiger partial charge >= 0.3 is 6.09 Å². The van der Waals surface area contributed by atoms with Crippen LogP contribution in [0.15, 0.2) is 24.4 Å². The molecule has 2 saturated heterocycles. The standard InChI is InChI=1S/C19H24N4O2/c20-13-19(16-3-1-2-7-21-16)5-9-22(10-6-19)15-11-18(12-15)4-8-23(14-18)17(24)25/h1-3,7,15H,4-6,8-12,14H2,(H,24,25). The topological polar surface area (TPSA) is 80.5 Å². The molecule has 1 saturated carbocycles. The molecule has 0 bridgehead atoms. The number of piperidine rings is 1. The van der Waals surface area contributed by atoms with E-state index in [1.807, 2.05) is 18.2 Å². The maximum atomic E-state index is 11.1. The van der Waals surface area contributed by atoms with Gasteiger partial charge in [0, 0.05) is 38.4 Å². The highest BCUT2D eigenvalue weighted by Gasteiger charge is 2.52. The van der Waals surface area contributed by atoms with Gasteiger partial charge in [0.1, 0.15) is 5.41 Å². The first-order valence-corrected chi connectivity index (χ1v) is 9.11. The Labute approximate surface area is 148 Å². The van der Waals surface area contributed by atoms with Crippen LogP contribution in [0.4, 0.5) is 4.79 Å². The van der Waals surface area contributed by atoms with Crippen LogP contribution >= 0.6 is 0 Å². The largest absolute Gasteiger partial charge is 0.465 e. The summed E-state index contributed by atoms with van der Waals surface area (Å²) < 4.78 is 0. The van der Waals surface area contributed by atoms with Crippen molar-refractivity contribution < 1.29 is 9.90 Å². The van der Waals surface area contributed by atoms with Crippen LogP contribution in [-0.4, -0.2) is 58.2 Å². The summed E-state index contributed by atoms with van der Waals surface area (Å²) in [6, 6.07) is 8.90. The molecule has 0 radical (unpaired) electrons. The van der Waals surface area contributed by atoms with Crippen molar-refractivity contribution in [1.29, 1.82) is 5.26 Å². The number of likely N-dealkylation sites (tertiary alicyclic amines) is 2. The number of amides is 1. The number of pyridine rings is 1. The molecule has 6 nitrogen and oxygen atoms in total. The van der Waals surface area contributed by atoms with Gasteiger partial charge in [0.2, 0.25) is 0 Å². The number of rotatable bonds is 2. The Balaban J connectivity index is 1.35. The highest BCUT2D eigenvalue weighted by Crippen LogP contribution is 2.51. The van der Waals surface area contributed by atoms with Crippen molar-refractivity contribution >= 4 is 6.09 Å². The Bertz CT molecular complexity index is 685. The summed E-state index contributed by atoms with van der Waals surface area (Å²) in [7, 11) is 0. The predicted molar refractivity (Wildman–Crippen MR) is 92.0 cm³/mol. The van der Waals surface area contributed by atoms with Gasteiger partial charge < -0.3 is 14.9 Å². The lowest BCUT2D eigenvalue weighted by atomic mass is 9.63. The van der Waals surface area contributed by atoms with Crippen molar-refractivity contribution in [3.05, 3.63) is 30.1 Å². The summed E-state index contributed by atoms with van der Waals surface area (Å²) in [5, 5.41) is 18.9. The average molecular weight is 340 g/mol. The number of carboxylic acid groups (broad SMARTS) is 1. The van der Waals surface area contributed by atoms with E-state index in [1.54, 1.807) is 11.1 Å². The number of aromatic nitrogens is 1. The Hall–Kier alpha value is -2.13. The zero-order chi connectivity index (χ0) is 17.5. The van der Waals surface area contributed by atoms with Crippen molar-refractivity contribution in [2.24, 2.45) is 5.41 Å². The number of carbonyl (C=O) groups is 1. The van der Waals surface area contributed by atoms with Gasteiger partial charge in [0.05, 0.1) is 11.8 Å². The second-order valence-corrected chi connectivity index (χ2v) is 7.96. The van der Waals surface area contributed by atoms with Crippen LogP contribution in [0.3, 0.4) is 0 Å². The summed E-state index contributed by atoms with van der Waals surface area (Å²) in [6.45, 7) is 3.23. The maximum absolute atomic E-state index is 11.1. The summed E-state index contributed by atoms with van der Waals surface area (Å²) in [5.74, 6) is 0. The first-order valence-electron chi connectivity index (χ1n) is 9.11.